The molecular formula is C26H31F4N7O4. The molecule has 0 bridgehead atoms. The highest BCUT2D eigenvalue weighted by Crippen LogP contribution is 2.44. The largest absolute Gasteiger partial charge is 0.384 e. The highest BCUT2D eigenvalue weighted by atomic mass is 19.3. The van der Waals surface area contributed by atoms with Crippen LogP contribution in [0.3, 0.4) is 0 Å². The summed E-state index contributed by atoms with van der Waals surface area (Å²) in [6.07, 6.45) is 2.16. The van der Waals surface area contributed by atoms with Crippen LogP contribution in [0.4, 0.5) is 17.6 Å². The molecule has 0 aromatic carbocycles. The molecule has 2 aliphatic rings. The molecule has 15 heteroatoms. The number of aliphatic hydroxyl groups is 1. The van der Waals surface area contributed by atoms with Gasteiger partial charge in [-0.25, -0.2) is 31.7 Å². The third kappa shape index (κ3) is 6.66. The molecule has 1 atom stereocenters. The lowest BCUT2D eigenvalue weighted by molar-refractivity contribution is -0.133. The van der Waals surface area contributed by atoms with Gasteiger partial charge in [0.15, 0.2) is 11.3 Å². The number of nitrogens with one attached hydrogen (secondary N) is 2. The quantitative estimate of drug-likeness (QED) is 0.324. The summed E-state index contributed by atoms with van der Waals surface area (Å²) < 4.78 is 60.1. The molecule has 3 N–H and O–H groups in total. The van der Waals surface area contributed by atoms with Gasteiger partial charge in [0.2, 0.25) is 17.8 Å². The fourth-order valence-corrected chi connectivity index (χ4v) is 5.42. The van der Waals surface area contributed by atoms with Crippen LogP contribution in [0.2, 0.25) is 0 Å². The van der Waals surface area contributed by atoms with Gasteiger partial charge in [0, 0.05) is 38.6 Å². The number of carbonyl (C=O) groups is 2. The monoisotopic (exact) mass is 581 g/mol. The third-order valence-electron chi connectivity index (χ3n) is 7.66. The van der Waals surface area contributed by atoms with Crippen LogP contribution in [0.1, 0.15) is 92.3 Å². The van der Waals surface area contributed by atoms with E-state index in [1.165, 1.54) is 24.6 Å². The first-order chi connectivity index (χ1) is 19.2. The van der Waals surface area contributed by atoms with Gasteiger partial charge < -0.3 is 15.7 Å². The lowest BCUT2D eigenvalue weighted by Crippen LogP contribution is -2.38. The number of imidazole rings is 1. The minimum absolute atomic E-state index is 0.0246. The summed E-state index contributed by atoms with van der Waals surface area (Å²) in [6, 6.07) is 0.895. The third-order valence-corrected chi connectivity index (χ3v) is 7.66. The molecule has 222 valence electrons. The van der Waals surface area contributed by atoms with Crippen molar-refractivity contribution in [1.29, 1.82) is 0 Å². The second kappa shape index (κ2) is 10.7. The first-order valence-electron chi connectivity index (χ1n) is 13.4. The highest BCUT2D eigenvalue weighted by Gasteiger charge is 2.45. The molecule has 5 rings (SSSR count). The van der Waals surface area contributed by atoms with Gasteiger partial charge >= 0.3 is 0 Å². The predicted octanol–water partition coefficient (Wildman–Crippen LogP) is 3.69. The first-order valence-corrected chi connectivity index (χ1v) is 13.4. The van der Waals surface area contributed by atoms with Crippen LogP contribution in [-0.4, -0.2) is 53.7 Å². The number of amides is 2. The van der Waals surface area contributed by atoms with Gasteiger partial charge in [-0.1, -0.05) is 5.16 Å². The maximum absolute atomic E-state index is 13.9. The van der Waals surface area contributed by atoms with Crippen LogP contribution in [0.5, 0.6) is 0 Å². The second-order valence-corrected chi connectivity index (χ2v) is 11.6. The van der Waals surface area contributed by atoms with E-state index < -0.39 is 29.4 Å². The number of nitrogens with zero attached hydrogens (tertiary/aromatic N) is 5. The molecule has 2 aliphatic carbocycles. The Morgan fingerprint density at radius 1 is 1.17 bits per heavy atom. The van der Waals surface area contributed by atoms with E-state index in [0.717, 1.165) is 0 Å². The first kappa shape index (κ1) is 28.9. The van der Waals surface area contributed by atoms with Crippen molar-refractivity contribution in [2.75, 3.05) is 0 Å². The zero-order chi connectivity index (χ0) is 29.6. The van der Waals surface area contributed by atoms with E-state index in [9.17, 15) is 32.3 Å². The molecule has 3 aromatic rings. The van der Waals surface area contributed by atoms with E-state index in [2.05, 4.69) is 35.7 Å². The van der Waals surface area contributed by atoms with Crippen molar-refractivity contribution in [3.8, 4) is 0 Å². The number of fused-ring (bicyclic) bond motifs is 1. The number of carbonyl (C=O) groups excluding carboxylic acids is 2. The molecule has 2 saturated carbocycles. The van der Waals surface area contributed by atoms with E-state index in [-0.39, 0.29) is 80.6 Å². The van der Waals surface area contributed by atoms with Gasteiger partial charge in [-0.2, -0.15) is 5.10 Å². The van der Waals surface area contributed by atoms with Gasteiger partial charge in [-0.15, -0.1) is 0 Å². The highest BCUT2D eigenvalue weighted by molar-refractivity contribution is 5.93. The molecule has 3 aromatic heterocycles. The van der Waals surface area contributed by atoms with E-state index in [4.69, 9.17) is 0 Å². The summed E-state index contributed by atoms with van der Waals surface area (Å²) in [5, 5.41) is 27.5. The molecule has 0 radical (unpaired) electrons. The van der Waals surface area contributed by atoms with Crippen LogP contribution in [0, 0.1) is 11.8 Å². The fraction of sp³-hybridized carbons (Fsp3) is 0.615. The van der Waals surface area contributed by atoms with Gasteiger partial charge in [-0.05, 0) is 55.3 Å². The zero-order valence-corrected chi connectivity index (χ0v) is 22.5. The Morgan fingerprint density at radius 3 is 2.54 bits per heavy atom. The zero-order valence-electron chi connectivity index (χ0n) is 22.5. The Hall–Kier alpha value is -3.62. The van der Waals surface area contributed by atoms with Gasteiger partial charge in [0.1, 0.15) is 11.3 Å². The number of halogens is 4. The van der Waals surface area contributed by atoms with Crippen molar-refractivity contribution in [2.45, 2.75) is 88.8 Å². The van der Waals surface area contributed by atoms with Crippen LogP contribution >= 0.6 is 0 Å². The SMILES string of the molecule is CC(C)(O)c1nonc1C(=O)N[C@H](c1cn2ncc(CNC(=O)CC3CC(F)(F)C3)cc2n1)C1CCC(F)(F)CC1. The minimum Gasteiger partial charge on any atom is -0.384 e. The second-order valence-electron chi connectivity index (χ2n) is 11.6. The van der Waals surface area contributed by atoms with E-state index in [1.807, 2.05) is 0 Å². The maximum atomic E-state index is 13.9. The van der Waals surface area contributed by atoms with Gasteiger partial charge in [0.25, 0.3) is 5.91 Å². The average Bonchev–Trinajstić information content (AvgIpc) is 3.52. The smallest absolute Gasteiger partial charge is 0.276 e. The Labute approximate surface area is 232 Å². The number of alkyl halides is 4. The van der Waals surface area contributed by atoms with Crippen LogP contribution in [-0.2, 0) is 16.9 Å². The number of hydrogen-bond donors (Lipinski definition) is 3. The Balaban J connectivity index is 1.33. The van der Waals surface area contributed by atoms with Crippen LogP contribution in [0.15, 0.2) is 23.1 Å². The Bertz CT molecular complexity index is 1420. The lowest BCUT2D eigenvalue weighted by atomic mass is 9.79. The van der Waals surface area contributed by atoms with E-state index in [1.54, 1.807) is 12.3 Å². The fourth-order valence-electron chi connectivity index (χ4n) is 5.42. The Morgan fingerprint density at radius 2 is 1.88 bits per heavy atom. The molecule has 11 nitrogen and oxygen atoms in total. The molecule has 3 heterocycles. The van der Waals surface area contributed by atoms with Crippen molar-refractivity contribution < 1.29 is 36.9 Å². The van der Waals surface area contributed by atoms with Crippen molar-refractivity contribution in [2.24, 2.45) is 11.8 Å². The number of aromatic nitrogens is 5. The minimum atomic E-state index is -2.78. The normalized spacial score (nSPS) is 20.0. The topological polar surface area (TPSA) is 148 Å². The predicted molar refractivity (Wildman–Crippen MR) is 134 cm³/mol. The lowest BCUT2D eigenvalue weighted by Gasteiger charge is -2.34. The average molecular weight is 582 g/mol. The van der Waals surface area contributed by atoms with Crippen LogP contribution < -0.4 is 10.6 Å². The van der Waals surface area contributed by atoms with Crippen molar-refractivity contribution in [3.05, 3.63) is 41.1 Å². The number of hydrogen-bond acceptors (Lipinski definition) is 8. The summed E-state index contributed by atoms with van der Waals surface area (Å²) in [7, 11) is 0. The molecule has 0 unspecified atom stereocenters. The van der Waals surface area contributed by atoms with E-state index in [0.29, 0.717) is 16.9 Å². The van der Waals surface area contributed by atoms with Crippen LogP contribution in [0.25, 0.3) is 5.65 Å². The Kier molecular flexibility index (Phi) is 7.51. The molecule has 2 amide bonds. The number of rotatable bonds is 9. The summed E-state index contributed by atoms with van der Waals surface area (Å²) >= 11 is 0. The summed E-state index contributed by atoms with van der Waals surface area (Å²) in [5.74, 6) is -7.21. The van der Waals surface area contributed by atoms with Crippen molar-refractivity contribution >= 4 is 17.5 Å². The summed E-state index contributed by atoms with van der Waals surface area (Å²) in [4.78, 5) is 30.0. The molecule has 0 spiro atoms. The van der Waals surface area contributed by atoms with E-state index >= 15 is 0 Å². The van der Waals surface area contributed by atoms with Gasteiger partial charge in [-0.3, -0.25) is 9.59 Å². The molecule has 0 aliphatic heterocycles. The maximum Gasteiger partial charge on any atom is 0.276 e. The molecular weight excluding hydrogens is 550 g/mol. The molecule has 41 heavy (non-hydrogen) atoms. The standard InChI is InChI=1S/C26H31F4N7O4/c1-24(2,40)22-21(35-41-36-22)23(39)34-20(16-3-5-25(27,28)6-4-16)17-13-37-18(33-17)7-15(12-32-37)11-31-19(38)8-14-9-26(29,30)10-14/h7,12-14,16,20,40H,3-6,8-11H2,1-2H3,(H,31,38)(H,34,39)/t20-/m0/s1. The van der Waals surface area contributed by atoms with Gasteiger partial charge in [0.05, 0.1) is 24.1 Å². The summed E-state index contributed by atoms with van der Waals surface area (Å²) in [5.41, 5.74) is -0.423. The molecule has 2 fully saturated rings. The van der Waals surface area contributed by atoms with Crippen molar-refractivity contribution in [3.63, 3.8) is 0 Å². The molecule has 0 saturated heterocycles. The summed E-state index contributed by atoms with van der Waals surface area (Å²) in [6.45, 7) is 2.96. The van der Waals surface area contributed by atoms with Crippen molar-refractivity contribution in [1.82, 2.24) is 35.5 Å².